The molecule has 0 aromatic carbocycles. The van der Waals surface area contributed by atoms with E-state index in [4.69, 9.17) is 4.74 Å². The summed E-state index contributed by atoms with van der Waals surface area (Å²) in [5.74, 6) is 0.690. The standard InChI is InChI=1S/C14H20N2O3S/c1-14(2,3)19-13(18)16-11(8-17)9-20-12(16)10-5-4-6-15-7-10/h4-7,11-12,17H,8-9H2,1-3H3/t11-,12?/m1/s1. The first kappa shape index (κ1) is 15.1. The van der Waals surface area contributed by atoms with Crippen molar-refractivity contribution in [1.29, 1.82) is 0 Å². The molecule has 0 radical (unpaired) electrons. The zero-order chi connectivity index (χ0) is 14.8. The highest BCUT2D eigenvalue weighted by atomic mass is 32.2. The predicted molar refractivity (Wildman–Crippen MR) is 78.4 cm³/mol. The number of aliphatic hydroxyl groups is 1. The van der Waals surface area contributed by atoms with E-state index in [1.807, 2.05) is 32.9 Å². The maximum atomic E-state index is 12.4. The summed E-state index contributed by atoms with van der Waals surface area (Å²) in [4.78, 5) is 18.1. The van der Waals surface area contributed by atoms with Crippen molar-refractivity contribution in [2.45, 2.75) is 37.8 Å². The molecule has 5 nitrogen and oxygen atoms in total. The maximum absolute atomic E-state index is 12.4. The van der Waals surface area contributed by atoms with E-state index in [1.165, 1.54) is 0 Å². The van der Waals surface area contributed by atoms with E-state index in [0.29, 0.717) is 5.75 Å². The van der Waals surface area contributed by atoms with Crippen molar-refractivity contribution in [3.05, 3.63) is 30.1 Å². The van der Waals surface area contributed by atoms with Crippen LogP contribution < -0.4 is 0 Å². The third-order valence-electron chi connectivity index (χ3n) is 2.88. The number of pyridine rings is 1. The Kier molecular flexibility index (Phi) is 4.55. The van der Waals surface area contributed by atoms with Crippen LogP contribution in [0.4, 0.5) is 4.79 Å². The number of rotatable bonds is 2. The molecule has 1 aliphatic rings. The van der Waals surface area contributed by atoms with E-state index in [0.717, 1.165) is 5.56 Å². The van der Waals surface area contributed by atoms with Gasteiger partial charge < -0.3 is 9.84 Å². The minimum atomic E-state index is -0.552. The molecule has 1 aromatic rings. The highest BCUT2D eigenvalue weighted by molar-refractivity contribution is 7.99. The fraction of sp³-hybridized carbons (Fsp3) is 0.571. The molecule has 2 rings (SSSR count). The molecule has 1 aliphatic heterocycles. The number of hydrogen-bond acceptors (Lipinski definition) is 5. The summed E-state index contributed by atoms with van der Waals surface area (Å²) in [6.07, 6.45) is 3.05. The van der Waals surface area contributed by atoms with Gasteiger partial charge in [0.15, 0.2) is 0 Å². The summed E-state index contributed by atoms with van der Waals surface area (Å²) in [5.41, 5.74) is 0.392. The minimum Gasteiger partial charge on any atom is -0.444 e. The zero-order valence-corrected chi connectivity index (χ0v) is 12.8. The first-order chi connectivity index (χ1) is 9.42. The number of thioether (sulfide) groups is 1. The van der Waals surface area contributed by atoms with E-state index in [2.05, 4.69) is 4.98 Å². The average molecular weight is 296 g/mol. The third kappa shape index (κ3) is 3.43. The summed E-state index contributed by atoms with van der Waals surface area (Å²) in [6.45, 7) is 5.44. The van der Waals surface area contributed by atoms with Gasteiger partial charge in [0.2, 0.25) is 0 Å². The van der Waals surface area contributed by atoms with Crippen LogP contribution in [0.15, 0.2) is 24.5 Å². The van der Waals surface area contributed by atoms with Crippen molar-refractivity contribution in [2.75, 3.05) is 12.4 Å². The molecule has 1 fully saturated rings. The Morgan fingerprint density at radius 2 is 2.35 bits per heavy atom. The number of hydrogen-bond donors (Lipinski definition) is 1. The van der Waals surface area contributed by atoms with Crippen LogP contribution >= 0.6 is 11.8 Å². The molecule has 0 aliphatic carbocycles. The Labute approximate surface area is 123 Å². The van der Waals surface area contributed by atoms with Gasteiger partial charge in [0.1, 0.15) is 11.0 Å². The molecule has 2 atom stereocenters. The first-order valence-electron chi connectivity index (χ1n) is 6.56. The number of nitrogens with zero attached hydrogens (tertiary/aromatic N) is 2. The van der Waals surface area contributed by atoms with Gasteiger partial charge in [-0.05, 0) is 26.8 Å². The second kappa shape index (κ2) is 6.01. The van der Waals surface area contributed by atoms with Crippen molar-refractivity contribution in [1.82, 2.24) is 9.88 Å². The normalized spacial score (nSPS) is 22.9. The van der Waals surface area contributed by atoms with Crippen LogP contribution in [0.25, 0.3) is 0 Å². The van der Waals surface area contributed by atoms with Crippen molar-refractivity contribution in [3.63, 3.8) is 0 Å². The molecule has 1 aromatic heterocycles. The molecule has 0 saturated carbocycles. The summed E-state index contributed by atoms with van der Waals surface area (Å²) >= 11 is 1.62. The van der Waals surface area contributed by atoms with Gasteiger partial charge in [0, 0.05) is 23.7 Å². The lowest BCUT2D eigenvalue weighted by Crippen LogP contribution is -2.43. The monoisotopic (exact) mass is 296 g/mol. The van der Waals surface area contributed by atoms with Crippen LogP contribution in [0.3, 0.4) is 0 Å². The van der Waals surface area contributed by atoms with Crippen LogP contribution in [0.5, 0.6) is 0 Å². The predicted octanol–water partition coefficient (Wildman–Crippen LogP) is 2.43. The van der Waals surface area contributed by atoms with Crippen molar-refractivity contribution >= 4 is 17.9 Å². The van der Waals surface area contributed by atoms with Gasteiger partial charge in [0.05, 0.1) is 12.6 Å². The van der Waals surface area contributed by atoms with E-state index in [1.54, 1.807) is 29.1 Å². The van der Waals surface area contributed by atoms with Gasteiger partial charge in [0.25, 0.3) is 0 Å². The van der Waals surface area contributed by atoms with Gasteiger partial charge in [-0.25, -0.2) is 4.79 Å². The van der Waals surface area contributed by atoms with E-state index in [-0.39, 0.29) is 18.0 Å². The number of ether oxygens (including phenoxy) is 1. The molecule has 1 amide bonds. The molecule has 0 bridgehead atoms. The first-order valence-corrected chi connectivity index (χ1v) is 7.61. The number of carbonyl (C=O) groups is 1. The highest BCUT2D eigenvalue weighted by Crippen LogP contribution is 2.41. The molecule has 110 valence electrons. The van der Waals surface area contributed by atoms with Crippen molar-refractivity contribution in [3.8, 4) is 0 Å². The molecule has 2 heterocycles. The second-order valence-corrected chi connectivity index (χ2v) is 6.81. The summed E-state index contributed by atoms with van der Waals surface area (Å²) in [7, 11) is 0. The number of aromatic nitrogens is 1. The van der Waals surface area contributed by atoms with Crippen LogP contribution in [-0.2, 0) is 4.74 Å². The van der Waals surface area contributed by atoms with E-state index >= 15 is 0 Å². The fourth-order valence-electron chi connectivity index (χ4n) is 2.03. The van der Waals surface area contributed by atoms with E-state index in [9.17, 15) is 9.90 Å². The molecule has 1 N–H and O–H groups in total. The lowest BCUT2D eigenvalue weighted by atomic mass is 10.2. The van der Waals surface area contributed by atoms with Gasteiger partial charge in [-0.1, -0.05) is 6.07 Å². The van der Waals surface area contributed by atoms with Crippen molar-refractivity contribution < 1.29 is 14.6 Å². The Bertz CT molecular complexity index is 461. The van der Waals surface area contributed by atoms with Crippen LogP contribution in [0, 0.1) is 0 Å². The molecular formula is C14H20N2O3S. The Balaban J connectivity index is 2.22. The summed E-state index contributed by atoms with van der Waals surface area (Å²) in [6, 6.07) is 3.55. The molecular weight excluding hydrogens is 276 g/mol. The maximum Gasteiger partial charge on any atom is 0.411 e. The Morgan fingerprint density at radius 1 is 1.60 bits per heavy atom. The SMILES string of the molecule is CC(C)(C)OC(=O)N1C(c2cccnc2)SC[C@H]1CO. The van der Waals surface area contributed by atoms with Gasteiger partial charge in [-0.15, -0.1) is 11.8 Å². The Morgan fingerprint density at radius 3 is 2.90 bits per heavy atom. The molecule has 1 saturated heterocycles. The summed E-state index contributed by atoms with van der Waals surface area (Å²) < 4.78 is 5.45. The zero-order valence-electron chi connectivity index (χ0n) is 11.9. The number of carbonyl (C=O) groups excluding carboxylic acids is 1. The second-order valence-electron chi connectivity index (χ2n) is 5.70. The fourth-order valence-corrected chi connectivity index (χ4v) is 3.45. The van der Waals surface area contributed by atoms with Crippen molar-refractivity contribution in [2.24, 2.45) is 0 Å². The van der Waals surface area contributed by atoms with Crippen LogP contribution in [-0.4, -0.2) is 45.1 Å². The highest BCUT2D eigenvalue weighted by Gasteiger charge is 2.40. The third-order valence-corrected chi connectivity index (χ3v) is 4.27. The van der Waals surface area contributed by atoms with E-state index < -0.39 is 11.7 Å². The summed E-state index contributed by atoms with van der Waals surface area (Å²) in [5, 5.41) is 9.31. The Hall–Kier alpha value is -1.27. The lowest BCUT2D eigenvalue weighted by molar-refractivity contribution is 0.0117. The largest absolute Gasteiger partial charge is 0.444 e. The minimum absolute atomic E-state index is 0.0665. The van der Waals surface area contributed by atoms with Crippen LogP contribution in [0.2, 0.25) is 0 Å². The molecule has 0 spiro atoms. The van der Waals surface area contributed by atoms with Gasteiger partial charge in [-0.2, -0.15) is 0 Å². The number of amides is 1. The lowest BCUT2D eigenvalue weighted by Gasteiger charge is -2.31. The molecule has 1 unspecified atom stereocenters. The number of aliphatic hydroxyl groups excluding tert-OH is 1. The smallest absolute Gasteiger partial charge is 0.411 e. The van der Waals surface area contributed by atoms with Gasteiger partial charge >= 0.3 is 6.09 Å². The molecule has 20 heavy (non-hydrogen) atoms. The average Bonchev–Trinajstić information content (AvgIpc) is 2.81. The topological polar surface area (TPSA) is 62.7 Å². The van der Waals surface area contributed by atoms with Crippen LogP contribution in [0.1, 0.15) is 31.7 Å². The quantitative estimate of drug-likeness (QED) is 0.908. The molecule has 6 heteroatoms. The van der Waals surface area contributed by atoms with Gasteiger partial charge in [-0.3, -0.25) is 9.88 Å².